The molecule has 152 valence electrons. The van der Waals surface area contributed by atoms with Crippen molar-refractivity contribution >= 4 is 34.1 Å². The third-order valence-electron chi connectivity index (χ3n) is 5.37. The number of aromatic nitrogens is 4. The second kappa shape index (κ2) is 7.65. The number of fused-ring (bicyclic) bond motifs is 2. The molecular formula is C22H18ClF2N5. The van der Waals surface area contributed by atoms with E-state index >= 15 is 0 Å². The van der Waals surface area contributed by atoms with Crippen molar-refractivity contribution in [2.45, 2.75) is 32.1 Å². The second-order valence-electron chi connectivity index (χ2n) is 7.37. The lowest BCUT2D eigenvalue weighted by molar-refractivity contribution is 0.590. The van der Waals surface area contributed by atoms with Gasteiger partial charge in [0.1, 0.15) is 17.2 Å². The van der Waals surface area contributed by atoms with Gasteiger partial charge in [0.25, 0.3) is 0 Å². The molecule has 1 aliphatic rings. The summed E-state index contributed by atoms with van der Waals surface area (Å²) in [5.41, 5.74) is 2.86. The van der Waals surface area contributed by atoms with Gasteiger partial charge in [-0.1, -0.05) is 30.2 Å². The number of nitrogens with one attached hydrogen (secondary N) is 2. The maximum atomic E-state index is 14.1. The molecule has 4 aromatic rings. The summed E-state index contributed by atoms with van der Waals surface area (Å²) in [5, 5.41) is 10.9. The molecule has 2 N–H and O–H groups in total. The summed E-state index contributed by atoms with van der Waals surface area (Å²) in [7, 11) is 0. The molecule has 0 atom stereocenters. The Bertz CT molecular complexity index is 1250. The molecule has 5 nitrogen and oxygen atoms in total. The van der Waals surface area contributed by atoms with Crippen LogP contribution in [0.4, 0.5) is 20.4 Å². The van der Waals surface area contributed by atoms with Crippen molar-refractivity contribution in [1.82, 2.24) is 20.2 Å². The fourth-order valence-electron chi connectivity index (χ4n) is 3.89. The molecule has 1 aliphatic carbocycles. The average Bonchev–Trinajstić information content (AvgIpc) is 2.96. The van der Waals surface area contributed by atoms with E-state index in [2.05, 4.69) is 15.5 Å². The van der Waals surface area contributed by atoms with E-state index in [0.717, 1.165) is 55.0 Å². The summed E-state index contributed by atoms with van der Waals surface area (Å²) in [6.45, 7) is 0. The monoisotopic (exact) mass is 425 g/mol. The molecular weight excluding hydrogens is 408 g/mol. The first-order valence-electron chi connectivity index (χ1n) is 9.85. The van der Waals surface area contributed by atoms with E-state index in [4.69, 9.17) is 21.6 Å². The number of hydrogen-bond donors (Lipinski definition) is 2. The molecule has 2 aromatic carbocycles. The van der Waals surface area contributed by atoms with Crippen LogP contribution in [0.2, 0.25) is 5.02 Å². The highest BCUT2D eigenvalue weighted by molar-refractivity contribution is 6.33. The highest BCUT2D eigenvalue weighted by Crippen LogP contribution is 2.33. The molecule has 5 rings (SSSR count). The van der Waals surface area contributed by atoms with Gasteiger partial charge in [0.2, 0.25) is 0 Å². The molecule has 2 heterocycles. The number of anilines is 2. The zero-order valence-electron chi connectivity index (χ0n) is 16.0. The number of H-pyrrole nitrogens is 1. The van der Waals surface area contributed by atoms with Crippen molar-refractivity contribution in [2.75, 3.05) is 5.32 Å². The molecule has 8 heteroatoms. The Balaban J connectivity index is 1.66. The fourth-order valence-corrected chi connectivity index (χ4v) is 4.11. The maximum absolute atomic E-state index is 14.1. The van der Waals surface area contributed by atoms with Crippen LogP contribution in [0.15, 0.2) is 36.4 Å². The van der Waals surface area contributed by atoms with Gasteiger partial charge >= 0.3 is 0 Å². The molecule has 0 radical (unpaired) electrons. The smallest absolute Gasteiger partial charge is 0.163 e. The topological polar surface area (TPSA) is 66.5 Å². The lowest BCUT2D eigenvalue weighted by Crippen LogP contribution is -2.07. The average molecular weight is 426 g/mol. The number of benzene rings is 2. The van der Waals surface area contributed by atoms with Crippen molar-refractivity contribution in [1.29, 1.82) is 0 Å². The zero-order valence-corrected chi connectivity index (χ0v) is 16.7. The maximum Gasteiger partial charge on any atom is 0.163 e. The number of aromatic amines is 1. The van der Waals surface area contributed by atoms with Gasteiger partial charge in [-0.25, -0.2) is 18.7 Å². The molecule has 30 heavy (non-hydrogen) atoms. The van der Waals surface area contributed by atoms with Crippen LogP contribution in [0, 0.1) is 11.6 Å². The van der Waals surface area contributed by atoms with E-state index in [1.807, 2.05) is 18.2 Å². The molecule has 0 amide bonds. The van der Waals surface area contributed by atoms with Crippen LogP contribution in [0.3, 0.4) is 0 Å². The van der Waals surface area contributed by atoms with Crippen LogP contribution < -0.4 is 5.32 Å². The van der Waals surface area contributed by atoms with Gasteiger partial charge in [-0.2, -0.15) is 5.10 Å². The number of aryl methyl sites for hydroxylation is 1. The van der Waals surface area contributed by atoms with Crippen LogP contribution in [-0.4, -0.2) is 20.2 Å². The summed E-state index contributed by atoms with van der Waals surface area (Å²) in [6.07, 6.45) is 4.85. The fraction of sp³-hybridized carbons (Fsp3) is 0.227. The first kappa shape index (κ1) is 18.9. The second-order valence-corrected chi connectivity index (χ2v) is 7.78. The van der Waals surface area contributed by atoms with Crippen molar-refractivity contribution in [2.24, 2.45) is 0 Å². The number of hydrogen-bond acceptors (Lipinski definition) is 4. The molecule has 0 spiro atoms. The predicted molar refractivity (Wildman–Crippen MR) is 113 cm³/mol. The molecule has 2 aromatic heterocycles. The van der Waals surface area contributed by atoms with Crippen LogP contribution in [0.25, 0.3) is 22.3 Å². The first-order chi connectivity index (χ1) is 14.6. The molecule has 0 saturated carbocycles. The van der Waals surface area contributed by atoms with E-state index in [-0.39, 0.29) is 5.52 Å². The minimum Gasteiger partial charge on any atom is -0.323 e. The SMILES string of the molecule is Fc1cc(F)c2[nH]nc(Nc3nc(-c4ccccc4Cl)nc4c3CCCCC4)c2c1. The Kier molecular flexibility index (Phi) is 4.83. The lowest BCUT2D eigenvalue weighted by atomic mass is 10.1. The van der Waals surface area contributed by atoms with Crippen molar-refractivity contribution in [3.63, 3.8) is 0 Å². The predicted octanol–water partition coefficient (Wildman–Crippen LogP) is 5.96. The van der Waals surface area contributed by atoms with Crippen molar-refractivity contribution in [3.05, 3.63) is 64.3 Å². The first-order valence-corrected chi connectivity index (χ1v) is 10.2. The van der Waals surface area contributed by atoms with Crippen molar-refractivity contribution < 1.29 is 8.78 Å². The summed E-state index contributed by atoms with van der Waals surface area (Å²) >= 11 is 6.38. The van der Waals surface area contributed by atoms with Crippen LogP contribution in [0.1, 0.15) is 30.5 Å². The van der Waals surface area contributed by atoms with E-state index in [1.54, 1.807) is 6.07 Å². The van der Waals surface area contributed by atoms with Crippen LogP contribution in [-0.2, 0) is 12.8 Å². The van der Waals surface area contributed by atoms with Gasteiger partial charge in [-0.15, -0.1) is 0 Å². The summed E-state index contributed by atoms with van der Waals surface area (Å²) in [4.78, 5) is 9.54. The Morgan fingerprint density at radius 2 is 1.80 bits per heavy atom. The summed E-state index contributed by atoms with van der Waals surface area (Å²) in [5.74, 6) is 0.0704. The molecule has 0 bridgehead atoms. The highest BCUT2D eigenvalue weighted by atomic mass is 35.5. The molecule has 0 aliphatic heterocycles. The van der Waals surface area contributed by atoms with E-state index in [0.29, 0.717) is 27.9 Å². The highest BCUT2D eigenvalue weighted by Gasteiger charge is 2.20. The quantitative estimate of drug-likeness (QED) is 0.397. The third kappa shape index (κ3) is 3.39. The standard InChI is InChI=1S/C22H18ClF2N5/c23-16-8-5-4-6-13(16)20-26-18-9-3-1-2-7-14(18)21(27-20)28-22-15-10-12(24)11-17(25)19(15)29-30-22/h4-6,8,10-11H,1-3,7,9H2,(H2,26,27,28,29,30). The Labute approximate surface area is 176 Å². The Hall–Kier alpha value is -3.06. The molecule has 0 fully saturated rings. The minimum absolute atomic E-state index is 0.144. The van der Waals surface area contributed by atoms with Gasteiger partial charge in [-0.05, 0) is 43.9 Å². The third-order valence-corrected chi connectivity index (χ3v) is 5.70. The van der Waals surface area contributed by atoms with Gasteiger partial charge in [0.15, 0.2) is 17.5 Å². The number of halogens is 3. The largest absolute Gasteiger partial charge is 0.323 e. The normalized spacial score (nSPS) is 13.8. The summed E-state index contributed by atoms with van der Waals surface area (Å²) < 4.78 is 27.9. The zero-order chi connectivity index (χ0) is 20.7. The van der Waals surface area contributed by atoms with E-state index in [1.165, 1.54) is 6.07 Å². The van der Waals surface area contributed by atoms with Gasteiger partial charge in [0.05, 0.1) is 10.4 Å². The number of rotatable bonds is 3. The molecule has 0 saturated heterocycles. The minimum atomic E-state index is -0.691. The Morgan fingerprint density at radius 1 is 0.967 bits per heavy atom. The van der Waals surface area contributed by atoms with Crippen LogP contribution >= 0.6 is 11.6 Å². The van der Waals surface area contributed by atoms with E-state index in [9.17, 15) is 8.78 Å². The van der Waals surface area contributed by atoms with Gasteiger partial charge < -0.3 is 5.32 Å². The van der Waals surface area contributed by atoms with Crippen LogP contribution in [0.5, 0.6) is 0 Å². The van der Waals surface area contributed by atoms with Gasteiger partial charge in [0, 0.05) is 22.9 Å². The molecule has 0 unspecified atom stereocenters. The van der Waals surface area contributed by atoms with E-state index < -0.39 is 11.6 Å². The Morgan fingerprint density at radius 3 is 2.67 bits per heavy atom. The summed E-state index contributed by atoms with van der Waals surface area (Å²) in [6, 6.07) is 9.49. The number of nitrogens with zero attached hydrogens (tertiary/aromatic N) is 3. The van der Waals surface area contributed by atoms with Crippen molar-refractivity contribution in [3.8, 4) is 11.4 Å². The van der Waals surface area contributed by atoms with Gasteiger partial charge in [-0.3, -0.25) is 5.10 Å². The lowest BCUT2D eigenvalue weighted by Gasteiger charge is -2.15.